The molecule has 0 saturated carbocycles. The van der Waals surface area contributed by atoms with E-state index >= 15 is 0 Å². The molecule has 2 aromatic rings. The quantitative estimate of drug-likeness (QED) is 0.845. The zero-order valence-corrected chi connectivity index (χ0v) is 15.4. The minimum Gasteiger partial charge on any atom is -0.444 e. The van der Waals surface area contributed by atoms with Gasteiger partial charge in [0.1, 0.15) is 11.4 Å². The van der Waals surface area contributed by atoms with Crippen molar-refractivity contribution in [3.05, 3.63) is 48.0 Å². The molecule has 0 unspecified atom stereocenters. The van der Waals surface area contributed by atoms with Crippen molar-refractivity contribution in [2.24, 2.45) is 5.14 Å². The molecule has 0 aliphatic rings. The van der Waals surface area contributed by atoms with Crippen LogP contribution < -0.4 is 10.5 Å². The van der Waals surface area contributed by atoms with E-state index in [9.17, 15) is 17.6 Å². The molecule has 0 radical (unpaired) electrons. The Morgan fingerprint density at radius 1 is 1.27 bits per heavy atom. The number of ether oxygens (including phenoxy) is 1. The number of hydrogen-bond donors (Lipinski definition) is 2. The first-order valence-corrected chi connectivity index (χ1v) is 9.24. The normalized spacial score (nSPS) is 11.9. The lowest BCUT2D eigenvalue weighted by Crippen LogP contribution is -2.32. The van der Waals surface area contributed by atoms with E-state index in [0.717, 1.165) is 6.07 Å². The summed E-state index contributed by atoms with van der Waals surface area (Å²) < 4.78 is 42.0. The van der Waals surface area contributed by atoms with Crippen LogP contribution in [0.5, 0.6) is 0 Å². The molecule has 0 bridgehead atoms. The van der Waals surface area contributed by atoms with Gasteiger partial charge < -0.3 is 10.1 Å². The topological polar surface area (TPSA) is 111 Å². The third-order valence-electron chi connectivity index (χ3n) is 3.21. The Kier molecular flexibility index (Phi) is 5.62. The maximum Gasteiger partial charge on any atom is 0.407 e. The van der Waals surface area contributed by atoms with Gasteiger partial charge in [-0.15, -0.1) is 0 Å². The molecule has 0 aliphatic heterocycles. The zero-order chi connectivity index (χ0) is 19.5. The van der Waals surface area contributed by atoms with E-state index in [1.165, 1.54) is 24.5 Å². The highest BCUT2D eigenvalue weighted by Crippen LogP contribution is 2.25. The summed E-state index contributed by atoms with van der Waals surface area (Å²) in [6, 6.07) is 5.03. The van der Waals surface area contributed by atoms with Gasteiger partial charge in [0.15, 0.2) is 0 Å². The third kappa shape index (κ3) is 5.50. The molecule has 9 heteroatoms. The number of nitrogens with one attached hydrogen (secondary N) is 1. The average Bonchev–Trinajstić information content (AvgIpc) is 2.50. The fraction of sp³-hybridized carbons (Fsp3) is 0.294. The second-order valence-electron chi connectivity index (χ2n) is 6.62. The van der Waals surface area contributed by atoms with E-state index in [2.05, 4.69) is 10.3 Å². The van der Waals surface area contributed by atoms with Crippen LogP contribution in [0.4, 0.5) is 9.18 Å². The number of carbonyl (C=O) groups excluding carboxylic acids is 1. The first-order chi connectivity index (χ1) is 12.0. The first-order valence-electron chi connectivity index (χ1n) is 7.69. The summed E-state index contributed by atoms with van der Waals surface area (Å²) in [5.41, 5.74) is 0.623. The zero-order valence-electron chi connectivity index (χ0n) is 14.6. The van der Waals surface area contributed by atoms with Gasteiger partial charge in [-0.2, -0.15) is 0 Å². The van der Waals surface area contributed by atoms with Crippen molar-refractivity contribution in [1.29, 1.82) is 0 Å². The maximum atomic E-state index is 14.3. The minimum atomic E-state index is -3.98. The van der Waals surface area contributed by atoms with Gasteiger partial charge in [-0.05, 0) is 44.5 Å². The van der Waals surface area contributed by atoms with Crippen LogP contribution in [0.3, 0.4) is 0 Å². The monoisotopic (exact) mass is 381 g/mol. The van der Waals surface area contributed by atoms with Gasteiger partial charge in [-0.3, -0.25) is 4.98 Å². The summed E-state index contributed by atoms with van der Waals surface area (Å²) in [4.78, 5) is 15.4. The summed E-state index contributed by atoms with van der Waals surface area (Å²) in [6.07, 6.45) is 2.38. The second-order valence-corrected chi connectivity index (χ2v) is 8.19. The van der Waals surface area contributed by atoms with Gasteiger partial charge in [-0.1, -0.05) is 6.07 Å². The van der Waals surface area contributed by atoms with E-state index in [1.807, 2.05) is 0 Å². The Hall–Kier alpha value is -2.52. The van der Waals surface area contributed by atoms with Crippen LogP contribution in [0, 0.1) is 5.82 Å². The summed E-state index contributed by atoms with van der Waals surface area (Å²) in [5.74, 6) is -0.740. The number of sulfonamides is 1. The lowest BCUT2D eigenvalue weighted by molar-refractivity contribution is 0.0523. The number of nitrogens with two attached hydrogens (primary N) is 1. The minimum absolute atomic E-state index is 0.145. The summed E-state index contributed by atoms with van der Waals surface area (Å²) >= 11 is 0. The molecule has 140 valence electrons. The number of benzene rings is 1. The smallest absolute Gasteiger partial charge is 0.407 e. The molecular weight excluding hydrogens is 361 g/mol. The van der Waals surface area contributed by atoms with Crippen LogP contribution in [-0.2, 0) is 21.3 Å². The lowest BCUT2D eigenvalue weighted by atomic mass is 10.1. The standard InChI is InChI=1S/C17H20FN3O4S/c1-17(2,3)25-16(22)21-9-11-6-12(10-20-8-11)14-5-4-13(7-15(14)18)26(19,23)24/h4-8,10H,9H2,1-3H3,(H,21,22)(H2,19,23,24). The Morgan fingerprint density at radius 2 is 1.96 bits per heavy atom. The number of amides is 1. The number of nitrogens with zero attached hydrogens (tertiary/aromatic N) is 1. The van der Waals surface area contributed by atoms with E-state index < -0.39 is 27.5 Å². The molecule has 0 atom stereocenters. The SMILES string of the molecule is CC(C)(C)OC(=O)NCc1cncc(-c2ccc(S(N)(=O)=O)cc2F)c1. The van der Waals surface area contributed by atoms with Gasteiger partial charge in [0.05, 0.1) is 4.90 Å². The van der Waals surface area contributed by atoms with Crippen molar-refractivity contribution < 1.29 is 22.3 Å². The first kappa shape index (κ1) is 19.8. The molecular formula is C17H20FN3O4S. The highest BCUT2D eigenvalue weighted by atomic mass is 32.2. The van der Waals surface area contributed by atoms with Crippen molar-refractivity contribution in [2.75, 3.05) is 0 Å². The molecule has 1 amide bonds. The van der Waals surface area contributed by atoms with Crippen LogP contribution in [-0.4, -0.2) is 25.1 Å². The Morgan fingerprint density at radius 3 is 2.54 bits per heavy atom. The van der Waals surface area contributed by atoms with E-state index in [-0.39, 0.29) is 17.0 Å². The van der Waals surface area contributed by atoms with Crippen LogP contribution in [0.2, 0.25) is 0 Å². The molecule has 3 N–H and O–H groups in total. The predicted octanol–water partition coefficient (Wildman–Crippen LogP) is 2.56. The molecule has 1 aromatic heterocycles. The Labute approximate surface area is 151 Å². The van der Waals surface area contributed by atoms with Crippen molar-refractivity contribution in [2.45, 2.75) is 37.8 Å². The summed E-state index contributed by atoms with van der Waals surface area (Å²) in [6.45, 7) is 5.40. The van der Waals surface area contributed by atoms with Crippen LogP contribution >= 0.6 is 0 Å². The van der Waals surface area contributed by atoms with Crippen LogP contribution in [0.25, 0.3) is 11.1 Å². The van der Waals surface area contributed by atoms with Crippen LogP contribution in [0.1, 0.15) is 26.3 Å². The number of aromatic nitrogens is 1. The number of alkyl carbamates (subject to hydrolysis) is 1. The largest absolute Gasteiger partial charge is 0.444 e. The van der Waals surface area contributed by atoms with Gasteiger partial charge in [0.25, 0.3) is 0 Å². The van der Waals surface area contributed by atoms with Crippen molar-refractivity contribution in [1.82, 2.24) is 10.3 Å². The predicted molar refractivity (Wildman–Crippen MR) is 94.1 cm³/mol. The third-order valence-corrected chi connectivity index (χ3v) is 4.12. The fourth-order valence-electron chi connectivity index (χ4n) is 2.13. The highest BCUT2D eigenvalue weighted by Gasteiger charge is 2.16. The molecule has 0 fully saturated rings. The number of halogens is 1. The molecule has 26 heavy (non-hydrogen) atoms. The summed E-state index contributed by atoms with van der Waals surface area (Å²) in [7, 11) is -3.98. The molecule has 0 saturated heterocycles. The number of rotatable bonds is 4. The van der Waals surface area contributed by atoms with E-state index in [0.29, 0.717) is 11.1 Å². The van der Waals surface area contributed by atoms with Gasteiger partial charge in [0.2, 0.25) is 10.0 Å². The lowest BCUT2D eigenvalue weighted by Gasteiger charge is -2.19. The Balaban J connectivity index is 2.18. The molecule has 1 heterocycles. The second kappa shape index (κ2) is 7.38. The number of carbonyl (C=O) groups is 1. The molecule has 0 aliphatic carbocycles. The average molecular weight is 381 g/mol. The fourth-order valence-corrected chi connectivity index (χ4v) is 2.65. The van der Waals surface area contributed by atoms with Gasteiger partial charge in [0, 0.05) is 30.1 Å². The highest BCUT2D eigenvalue weighted by molar-refractivity contribution is 7.89. The van der Waals surface area contributed by atoms with E-state index in [1.54, 1.807) is 26.8 Å². The number of pyridine rings is 1. The van der Waals surface area contributed by atoms with Gasteiger partial charge >= 0.3 is 6.09 Å². The number of primary sulfonamides is 1. The molecule has 0 spiro atoms. The maximum absolute atomic E-state index is 14.3. The molecule has 1 aromatic carbocycles. The molecule has 2 rings (SSSR count). The Bertz CT molecular complexity index is 924. The van der Waals surface area contributed by atoms with Crippen molar-refractivity contribution >= 4 is 16.1 Å². The number of hydrogen-bond acceptors (Lipinski definition) is 5. The van der Waals surface area contributed by atoms with E-state index in [4.69, 9.17) is 9.88 Å². The van der Waals surface area contributed by atoms with Crippen LogP contribution in [0.15, 0.2) is 41.6 Å². The van der Waals surface area contributed by atoms with Gasteiger partial charge in [-0.25, -0.2) is 22.7 Å². The molecule has 7 nitrogen and oxygen atoms in total. The summed E-state index contributed by atoms with van der Waals surface area (Å²) in [5, 5.41) is 7.58. The van der Waals surface area contributed by atoms with Crippen molar-refractivity contribution in [3.63, 3.8) is 0 Å². The van der Waals surface area contributed by atoms with Crippen molar-refractivity contribution in [3.8, 4) is 11.1 Å².